The van der Waals surface area contributed by atoms with Crippen LogP contribution in [0.3, 0.4) is 0 Å². The van der Waals surface area contributed by atoms with Gasteiger partial charge in [-0.3, -0.25) is 0 Å². The first kappa shape index (κ1) is 17.7. The first-order valence-corrected chi connectivity index (χ1v) is 9.58. The van der Waals surface area contributed by atoms with E-state index in [1.165, 1.54) is 6.07 Å². The van der Waals surface area contributed by atoms with Crippen molar-refractivity contribution in [2.45, 2.75) is 37.2 Å². The van der Waals surface area contributed by atoms with Crippen LogP contribution in [-0.4, -0.2) is 67.4 Å². The van der Waals surface area contributed by atoms with Gasteiger partial charge in [0.1, 0.15) is 11.4 Å². The maximum absolute atomic E-state index is 13.8. The summed E-state index contributed by atoms with van der Waals surface area (Å²) in [6.07, 6.45) is 2.45. The van der Waals surface area contributed by atoms with Gasteiger partial charge >= 0.3 is 6.09 Å². The summed E-state index contributed by atoms with van der Waals surface area (Å²) in [5.74, 6) is -0.191. The third-order valence-electron chi connectivity index (χ3n) is 6.26. The number of nitrogens with zero attached hydrogens (tertiary/aromatic N) is 2. The fourth-order valence-electron chi connectivity index (χ4n) is 4.61. The van der Waals surface area contributed by atoms with Crippen LogP contribution in [0.25, 0.3) is 0 Å². The van der Waals surface area contributed by atoms with E-state index in [9.17, 15) is 9.18 Å². The minimum absolute atomic E-state index is 0.144. The van der Waals surface area contributed by atoms with Crippen LogP contribution in [0.2, 0.25) is 0 Å². The molecular weight excluding hydrogens is 335 g/mol. The number of amides is 1. The lowest BCUT2D eigenvalue weighted by Crippen LogP contribution is -2.51. The van der Waals surface area contributed by atoms with Crippen LogP contribution >= 0.6 is 0 Å². The Morgan fingerprint density at radius 2 is 2.04 bits per heavy atom. The van der Waals surface area contributed by atoms with E-state index in [0.29, 0.717) is 19.7 Å². The summed E-state index contributed by atoms with van der Waals surface area (Å²) in [7, 11) is 0. The van der Waals surface area contributed by atoms with Gasteiger partial charge in [0, 0.05) is 51.0 Å². The maximum atomic E-state index is 13.8. The van der Waals surface area contributed by atoms with Gasteiger partial charge in [0.15, 0.2) is 0 Å². The Morgan fingerprint density at radius 3 is 2.65 bits per heavy atom. The second kappa shape index (κ2) is 6.82. The molecule has 0 bridgehead atoms. The minimum atomic E-state index is -0.318. The van der Waals surface area contributed by atoms with Crippen molar-refractivity contribution in [2.75, 3.05) is 45.9 Å². The number of halogens is 1. The molecule has 1 aromatic carbocycles. The van der Waals surface area contributed by atoms with Crippen molar-refractivity contribution in [3.63, 3.8) is 0 Å². The van der Waals surface area contributed by atoms with Gasteiger partial charge in [-0.05, 0) is 31.0 Å². The molecule has 3 saturated heterocycles. The lowest BCUT2D eigenvalue weighted by molar-refractivity contribution is -0.00505. The van der Waals surface area contributed by atoms with Crippen LogP contribution in [0.15, 0.2) is 24.3 Å². The standard InChI is InChI=1S/C20H27FN2O3/c1-2-23-14-20(26-18(23)24)6-9-22(10-7-20)13-19(8-11-25-15-19)16-4-3-5-17(21)12-16/h3-5,12H,2,6-11,13-15H2,1H3/t19-/m0/s1. The molecule has 6 heteroatoms. The molecule has 0 aromatic heterocycles. The summed E-state index contributed by atoms with van der Waals surface area (Å²) < 4.78 is 25.2. The molecule has 0 unspecified atom stereocenters. The van der Waals surface area contributed by atoms with Crippen molar-refractivity contribution >= 4 is 6.09 Å². The van der Waals surface area contributed by atoms with Crippen molar-refractivity contribution in [2.24, 2.45) is 0 Å². The van der Waals surface area contributed by atoms with Crippen molar-refractivity contribution < 1.29 is 18.7 Å². The number of rotatable bonds is 4. The summed E-state index contributed by atoms with van der Waals surface area (Å²) in [6, 6.07) is 6.94. The number of hydrogen-bond acceptors (Lipinski definition) is 4. The molecule has 3 aliphatic heterocycles. The molecule has 1 aromatic rings. The molecule has 0 radical (unpaired) electrons. The van der Waals surface area contributed by atoms with E-state index in [1.54, 1.807) is 17.0 Å². The Labute approximate surface area is 154 Å². The van der Waals surface area contributed by atoms with Crippen molar-refractivity contribution in [1.82, 2.24) is 9.80 Å². The largest absolute Gasteiger partial charge is 0.441 e. The second-order valence-corrected chi connectivity index (χ2v) is 7.93. The average Bonchev–Trinajstić information content (AvgIpc) is 3.23. The van der Waals surface area contributed by atoms with Gasteiger partial charge in [-0.25, -0.2) is 9.18 Å². The number of likely N-dealkylation sites (N-methyl/N-ethyl adjacent to an activating group) is 1. The molecule has 3 heterocycles. The highest BCUT2D eigenvalue weighted by molar-refractivity contribution is 5.70. The molecule has 1 atom stereocenters. The number of ether oxygens (including phenoxy) is 2. The van der Waals surface area contributed by atoms with Crippen molar-refractivity contribution in [3.8, 4) is 0 Å². The smallest absolute Gasteiger partial charge is 0.410 e. The Bertz CT molecular complexity index is 667. The van der Waals surface area contributed by atoms with Crippen LogP contribution < -0.4 is 0 Å². The highest BCUT2D eigenvalue weighted by Crippen LogP contribution is 2.38. The van der Waals surface area contributed by atoms with Gasteiger partial charge in [0.2, 0.25) is 0 Å². The van der Waals surface area contributed by atoms with E-state index in [4.69, 9.17) is 9.47 Å². The third-order valence-corrected chi connectivity index (χ3v) is 6.26. The average molecular weight is 362 g/mol. The summed E-state index contributed by atoms with van der Waals surface area (Å²) >= 11 is 0. The molecule has 0 aliphatic carbocycles. The van der Waals surface area contributed by atoms with Crippen LogP contribution in [0.1, 0.15) is 31.7 Å². The molecule has 0 saturated carbocycles. The van der Waals surface area contributed by atoms with E-state index < -0.39 is 0 Å². The van der Waals surface area contributed by atoms with E-state index in [-0.39, 0.29) is 22.9 Å². The molecule has 142 valence electrons. The Hall–Kier alpha value is -1.66. The Morgan fingerprint density at radius 1 is 1.23 bits per heavy atom. The van der Waals surface area contributed by atoms with Crippen LogP contribution in [-0.2, 0) is 14.9 Å². The number of carbonyl (C=O) groups is 1. The fourth-order valence-corrected chi connectivity index (χ4v) is 4.61. The molecule has 1 amide bonds. The normalized spacial score (nSPS) is 28.7. The van der Waals surface area contributed by atoms with Gasteiger partial charge in [-0.1, -0.05) is 12.1 Å². The monoisotopic (exact) mass is 362 g/mol. The predicted molar refractivity (Wildman–Crippen MR) is 95.6 cm³/mol. The zero-order valence-electron chi connectivity index (χ0n) is 15.4. The Balaban J connectivity index is 1.44. The number of likely N-dealkylation sites (tertiary alicyclic amines) is 1. The topological polar surface area (TPSA) is 42.0 Å². The molecular formula is C20H27FN2O3. The van der Waals surface area contributed by atoms with Gasteiger partial charge in [0.25, 0.3) is 0 Å². The molecule has 4 rings (SSSR count). The van der Waals surface area contributed by atoms with Gasteiger partial charge in [-0.15, -0.1) is 0 Å². The molecule has 3 aliphatic rings. The molecule has 3 fully saturated rings. The molecule has 5 nitrogen and oxygen atoms in total. The van der Waals surface area contributed by atoms with E-state index >= 15 is 0 Å². The maximum Gasteiger partial charge on any atom is 0.410 e. The minimum Gasteiger partial charge on any atom is -0.441 e. The van der Waals surface area contributed by atoms with Crippen molar-refractivity contribution in [1.29, 1.82) is 0 Å². The van der Waals surface area contributed by atoms with Gasteiger partial charge in [0.05, 0.1) is 13.2 Å². The fraction of sp³-hybridized carbons (Fsp3) is 0.650. The molecule has 0 N–H and O–H groups in total. The highest BCUT2D eigenvalue weighted by Gasteiger charge is 2.47. The number of hydrogen-bond donors (Lipinski definition) is 0. The summed E-state index contributed by atoms with van der Waals surface area (Å²) in [5.41, 5.74) is 0.565. The lowest BCUT2D eigenvalue weighted by atomic mass is 9.78. The third kappa shape index (κ3) is 3.21. The predicted octanol–water partition coefficient (Wildman–Crippen LogP) is 2.79. The molecule has 26 heavy (non-hydrogen) atoms. The number of carbonyl (C=O) groups excluding carboxylic acids is 1. The van der Waals surface area contributed by atoms with Crippen LogP contribution in [0.5, 0.6) is 0 Å². The summed E-state index contributed by atoms with van der Waals surface area (Å²) in [6.45, 7) is 7.38. The van der Waals surface area contributed by atoms with Crippen molar-refractivity contribution in [3.05, 3.63) is 35.6 Å². The van der Waals surface area contributed by atoms with Gasteiger partial charge < -0.3 is 19.3 Å². The van der Waals surface area contributed by atoms with Crippen LogP contribution in [0.4, 0.5) is 9.18 Å². The highest BCUT2D eigenvalue weighted by atomic mass is 19.1. The number of piperidine rings is 1. The van der Waals surface area contributed by atoms with Crippen LogP contribution in [0, 0.1) is 5.82 Å². The summed E-state index contributed by atoms with van der Waals surface area (Å²) in [4.78, 5) is 16.2. The quantitative estimate of drug-likeness (QED) is 0.826. The Kier molecular flexibility index (Phi) is 4.65. The summed E-state index contributed by atoms with van der Waals surface area (Å²) in [5, 5.41) is 0. The van der Waals surface area contributed by atoms with E-state index in [1.807, 2.05) is 13.0 Å². The first-order chi connectivity index (χ1) is 12.5. The zero-order valence-corrected chi connectivity index (χ0v) is 15.4. The lowest BCUT2D eigenvalue weighted by Gasteiger charge is -2.41. The second-order valence-electron chi connectivity index (χ2n) is 7.93. The number of benzene rings is 1. The SMILES string of the molecule is CCN1CC2(CCN(C[C@@]3(c4cccc(F)c4)CCOC3)CC2)OC1=O. The zero-order chi connectivity index (χ0) is 18.2. The first-order valence-electron chi connectivity index (χ1n) is 9.58. The van der Waals surface area contributed by atoms with E-state index in [2.05, 4.69) is 4.90 Å². The molecule has 1 spiro atoms. The van der Waals surface area contributed by atoms with Gasteiger partial charge in [-0.2, -0.15) is 0 Å². The van der Waals surface area contributed by atoms with E-state index in [0.717, 1.165) is 51.1 Å².